The molecule has 0 aliphatic carbocycles. The van der Waals surface area contributed by atoms with Gasteiger partial charge in [-0.15, -0.1) is 0 Å². The molecule has 0 atom stereocenters. The van der Waals surface area contributed by atoms with E-state index >= 15 is 0 Å². The monoisotopic (exact) mass is 323 g/mol. The van der Waals surface area contributed by atoms with E-state index in [1.807, 2.05) is 28.9 Å². The van der Waals surface area contributed by atoms with Gasteiger partial charge in [-0.2, -0.15) is 5.10 Å². The number of benzene rings is 1. The molecule has 0 radical (unpaired) electrons. The fourth-order valence-corrected chi connectivity index (χ4v) is 2.81. The highest BCUT2D eigenvalue weighted by molar-refractivity contribution is 5.90. The molecule has 0 spiro atoms. The average Bonchev–Trinajstić information content (AvgIpc) is 2.95. The lowest BCUT2D eigenvalue weighted by atomic mass is 9.89. The highest BCUT2D eigenvalue weighted by atomic mass is 16.5. The molecule has 1 aliphatic heterocycles. The minimum atomic E-state index is -0.429. The molecule has 24 heavy (non-hydrogen) atoms. The standard InChI is InChI=1S/C17H17N5O2/c1-11(23)21-16-6-15-12(7-19-16)8-20-22(15)14-4-2-3-13(5-14)17(18)9-24-10-17/h2-8H,9-10,18H2,1H3,(H,19,21,23). The van der Waals surface area contributed by atoms with Crippen LogP contribution < -0.4 is 11.1 Å². The second-order valence-corrected chi connectivity index (χ2v) is 6.07. The smallest absolute Gasteiger partial charge is 0.222 e. The lowest BCUT2D eigenvalue weighted by Gasteiger charge is -2.38. The maximum Gasteiger partial charge on any atom is 0.222 e. The topological polar surface area (TPSA) is 95.1 Å². The van der Waals surface area contributed by atoms with E-state index in [9.17, 15) is 4.79 Å². The van der Waals surface area contributed by atoms with E-state index in [-0.39, 0.29) is 5.91 Å². The van der Waals surface area contributed by atoms with Gasteiger partial charge in [-0.25, -0.2) is 9.67 Å². The average molecular weight is 323 g/mol. The SMILES string of the molecule is CC(=O)Nc1cc2c(cn1)cnn2-c1cccc(C2(N)COC2)c1. The summed E-state index contributed by atoms with van der Waals surface area (Å²) in [7, 11) is 0. The molecule has 1 aliphatic rings. The van der Waals surface area contributed by atoms with Crippen molar-refractivity contribution in [3.05, 3.63) is 48.3 Å². The van der Waals surface area contributed by atoms with E-state index in [0.29, 0.717) is 19.0 Å². The maximum absolute atomic E-state index is 11.2. The Labute approximate surface area is 138 Å². The number of amides is 1. The Morgan fingerprint density at radius 3 is 2.88 bits per heavy atom. The van der Waals surface area contributed by atoms with Crippen LogP contribution in [0.3, 0.4) is 0 Å². The molecule has 1 fully saturated rings. The fourth-order valence-electron chi connectivity index (χ4n) is 2.81. The summed E-state index contributed by atoms with van der Waals surface area (Å²) in [5.41, 5.74) is 8.68. The molecule has 1 aromatic carbocycles. The highest BCUT2D eigenvalue weighted by Gasteiger charge is 2.36. The predicted molar refractivity (Wildman–Crippen MR) is 89.9 cm³/mol. The summed E-state index contributed by atoms with van der Waals surface area (Å²) in [4.78, 5) is 15.4. The van der Waals surface area contributed by atoms with Crippen molar-refractivity contribution in [2.24, 2.45) is 5.73 Å². The second-order valence-electron chi connectivity index (χ2n) is 6.07. The zero-order chi connectivity index (χ0) is 16.7. The summed E-state index contributed by atoms with van der Waals surface area (Å²) in [6.07, 6.45) is 3.44. The van der Waals surface area contributed by atoms with Crippen molar-refractivity contribution >= 4 is 22.6 Å². The molecule has 1 amide bonds. The molecule has 7 heteroatoms. The zero-order valence-corrected chi connectivity index (χ0v) is 13.2. The molecule has 1 saturated heterocycles. The van der Waals surface area contributed by atoms with E-state index < -0.39 is 5.54 Å². The molecule has 3 aromatic rings. The van der Waals surface area contributed by atoms with E-state index in [2.05, 4.69) is 15.4 Å². The van der Waals surface area contributed by atoms with Crippen molar-refractivity contribution < 1.29 is 9.53 Å². The third-order valence-electron chi connectivity index (χ3n) is 4.14. The quantitative estimate of drug-likeness (QED) is 0.763. The molecule has 3 heterocycles. The third kappa shape index (κ3) is 2.44. The highest BCUT2D eigenvalue weighted by Crippen LogP contribution is 2.29. The molecule has 0 unspecified atom stereocenters. The first-order valence-electron chi connectivity index (χ1n) is 7.64. The Kier molecular flexibility index (Phi) is 3.33. The lowest BCUT2D eigenvalue weighted by Crippen LogP contribution is -2.54. The number of ether oxygens (including phenoxy) is 1. The van der Waals surface area contributed by atoms with E-state index in [0.717, 1.165) is 22.2 Å². The normalized spacial score (nSPS) is 15.9. The Balaban J connectivity index is 1.78. The van der Waals surface area contributed by atoms with Gasteiger partial charge in [0.1, 0.15) is 5.82 Å². The van der Waals surface area contributed by atoms with Crippen LogP contribution in [0.15, 0.2) is 42.7 Å². The summed E-state index contributed by atoms with van der Waals surface area (Å²) in [5, 5.41) is 8.03. The number of carbonyl (C=O) groups excluding carboxylic acids is 1. The molecule has 2 aromatic heterocycles. The van der Waals surface area contributed by atoms with Gasteiger partial charge in [0.05, 0.1) is 36.2 Å². The molecule has 0 saturated carbocycles. The number of nitrogens with one attached hydrogen (secondary N) is 1. The van der Waals surface area contributed by atoms with Gasteiger partial charge in [-0.3, -0.25) is 4.79 Å². The van der Waals surface area contributed by atoms with Gasteiger partial charge in [0, 0.05) is 24.6 Å². The Morgan fingerprint density at radius 1 is 1.33 bits per heavy atom. The van der Waals surface area contributed by atoms with Crippen LogP contribution in [-0.2, 0) is 15.1 Å². The Hall–Kier alpha value is -2.77. The van der Waals surface area contributed by atoms with Gasteiger partial charge in [0.2, 0.25) is 5.91 Å². The summed E-state index contributed by atoms with van der Waals surface area (Å²) in [6, 6.07) is 9.76. The largest absolute Gasteiger partial charge is 0.377 e. The number of aromatic nitrogens is 3. The number of rotatable bonds is 3. The van der Waals surface area contributed by atoms with Crippen LogP contribution in [0.25, 0.3) is 16.6 Å². The van der Waals surface area contributed by atoms with Crippen molar-refractivity contribution in [3.8, 4) is 5.69 Å². The van der Waals surface area contributed by atoms with E-state index in [4.69, 9.17) is 10.5 Å². The molecule has 4 rings (SSSR count). The van der Waals surface area contributed by atoms with E-state index in [1.54, 1.807) is 18.5 Å². The maximum atomic E-state index is 11.2. The van der Waals surface area contributed by atoms with Gasteiger partial charge >= 0.3 is 0 Å². The fraction of sp³-hybridized carbons (Fsp3) is 0.235. The summed E-state index contributed by atoms with van der Waals surface area (Å²) in [6.45, 7) is 2.49. The van der Waals surface area contributed by atoms with Crippen LogP contribution >= 0.6 is 0 Å². The number of hydrogen-bond donors (Lipinski definition) is 2. The zero-order valence-electron chi connectivity index (χ0n) is 13.2. The number of pyridine rings is 1. The summed E-state index contributed by atoms with van der Waals surface area (Å²) < 4.78 is 7.06. The van der Waals surface area contributed by atoms with Crippen LogP contribution in [0.1, 0.15) is 12.5 Å². The van der Waals surface area contributed by atoms with Crippen molar-refractivity contribution in [2.45, 2.75) is 12.5 Å². The first-order valence-corrected chi connectivity index (χ1v) is 7.64. The van der Waals surface area contributed by atoms with Crippen LogP contribution in [0.2, 0.25) is 0 Å². The summed E-state index contributed by atoms with van der Waals surface area (Å²) in [5.74, 6) is 0.334. The summed E-state index contributed by atoms with van der Waals surface area (Å²) >= 11 is 0. The van der Waals surface area contributed by atoms with E-state index in [1.165, 1.54) is 6.92 Å². The number of fused-ring (bicyclic) bond motifs is 1. The second kappa shape index (κ2) is 5.40. The van der Waals surface area contributed by atoms with Gasteiger partial charge in [0.15, 0.2) is 0 Å². The molecule has 3 N–H and O–H groups in total. The Morgan fingerprint density at radius 2 is 2.17 bits per heavy atom. The van der Waals surface area contributed by atoms with Gasteiger partial charge in [-0.1, -0.05) is 12.1 Å². The van der Waals surface area contributed by atoms with Gasteiger partial charge < -0.3 is 15.8 Å². The van der Waals surface area contributed by atoms with Crippen molar-refractivity contribution in [2.75, 3.05) is 18.5 Å². The molecular weight excluding hydrogens is 306 g/mol. The van der Waals surface area contributed by atoms with Crippen LogP contribution in [0.5, 0.6) is 0 Å². The minimum absolute atomic E-state index is 0.162. The Bertz CT molecular complexity index is 930. The number of nitrogens with two attached hydrogens (primary N) is 1. The first-order chi connectivity index (χ1) is 11.5. The van der Waals surface area contributed by atoms with Crippen LogP contribution in [-0.4, -0.2) is 33.9 Å². The molecule has 0 bridgehead atoms. The van der Waals surface area contributed by atoms with Crippen molar-refractivity contribution in [1.82, 2.24) is 14.8 Å². The molecule has 7 nitrogen and oxygen atoms in total. The predicted octanol–water partition coefficient (Wildman–Crippen LogP) is 1.56. The van der Waals surface area contributed by atoms with Crippen molar-refractivity contribution in [3.63, 3.8) is 0 Å². The number of nitrogens with zero attached hydrogens (tertiary/aromatic N) is 3. The number of carbonyl (C=O) groups is 1. The number of anilines is 1. The van der Waals surface area contributed by atoms with Gasteiger partial charge in [-0.05, 0) is 17.7 Å². The molecule has 122 valence electrons. The minimum Gasteiger partial charge on any atom is -0.377 e. The number of hydrogen-bond acceptors (Lipinski definition) is 5. The third-order valence-corrected chi connectivity index (χ3v) is 4.14. The lowest BCUT2D eigenvalue weighted by molar-refractivity contribution is -0.114. The molecular formula is C17H17N5O2. The van der Waals surface area contributed by atoms with Gasteiger partial charge in [0.25, 0.3) is 0 Å². The van der Waals surface area contributed by atoms with Crippen molar-refractivity contribution in [1.29, 1.82) is 0 Å². The van der Waals surface area contributed by atoms with Crippen LogP contribution in [0.4, 0.5) is 5.82 Å². The van der Waals surface area contributed by atoms with Crippen LogP contribution in [0, 0.1) is 0 Å². The first kappa shape index (κ1) is 14.8.